The van der Waals surface area contributed by atoms with Crippen LogP contribution in [0.4, 0.5) is 10.1 Å². The zero-order valence-electron chi connectivity index (χ0n) is 15.0. The first kappa shape index (κ1) is 18.7. The quantitative estimate of drug-likeness (QED) is 0.672. The largest absolute Gasteiger partial charge is 0.326 e. The van der Waals surface area contributed by atoms with Gasteiger partial charge in [0.1, 0.15) is 11.6 Å². The number of fused-ring (bicyclic) bond motifs is 1. The zero-order chi connectivity index (χ0) is 19.2. The summed E-state index contributed by atoms with van der Waals surface area (Å²) in [6.45, 7) is 3.65. The highest BCUT2D eigenvalue weighted by Crippen LogP contribution is 2.10. The lowest BCUT2D eigenvalue weighted by molar-refractivity contribution is -0.116. The third-order valence-corrected chi connectivity index (χ3v) is 4.27. The van der Waals surface area contributed by atoms with Gasteiger partial charge in [-0.05, 0) is 42.9 Å². The standard InChI is InChI=1S/C20H21FN4O2/c1-2-25(12-11-19(26)22-15-9-7-14(21)8-10-15)13-18-23-17-6-4-3-5-16(17)20(27)24-18/h3-10H,2,11-13H2,1H3,(H,22,26)(H,23,24,27). The van der Waals surface area contributed by atoms with E-state index in [1.165, 1.54) is 24.3 Å². The average Bonchev–Trinajstić information content (AvgIpc) is 2.67. The number of aromatic amines is 1. The Morgan fingerprint density at radius 1 is 1.19 bits per heavy atom. The highest BCUT2D eigenvalue weighted by Gasteiger charge is 2.11. The normalized spacial score (nSPS) is 11.1. The summed E-state index contributed by atoms with van der Waals surface area (Å²) < 4.78 is 12.9. The van der Waals surface area contributed by atoms with Gasteiger partial charge in [0.05, 0.1) is 17.4 Å². The van der Waals surface area contributed by atoms with Crippen LogP contribution in [0.1, 0.15) is 19.2 Å². The molecule has 3 aromatic rings. The molecule has 0 saturated carbocycles. The summed E-state index contributed by atoms with van der Waals surface area (Å²) in [6, 6.07) is 12.8. The van der Waals surface area contributed by atoms with Crippen molar-refractivity contribution in [2.24, 2.45) is 0 Å². The van der Waals surface area contributed by atoms with Crippen molar-refractivity contribution >= 4 is 22.5 Å². The van der Waals surface area contributed by atoms with E-state index < -0.39 is 0 Å². The molecule has 0 saturated heterocycles. The predicted octanol–water partition coefficient (Wildman–Crippen LogP) is 2.91. The molecule has 27 heavy (non-hydrogen) atoms. The highest BCUT2D eigenvalue weighted by atomic mass is 19.1. The summed E-state index contributed by atoms with van der Waals surface area (Å²) in [5.74, 6) is 0.0709. The first-order valence-electron chi connectivity index (χ1n) is 8.81. The minimum Gasteiger partial charge on any atom is -0.326 e. The maximum absolute atomic E-state index is 12.9. The van der Waals surface area contributed by atoms with Crippen molar-refractivity contribution in [1.29, 1.82) is 0 Å². The molecule has 0 fully saturated rings. The Labute approximate surface area is 156 Å². The average molecular weight is 368 g/mol. The maximum Gasteiger partial charge on any atom is 0.258 e. The molecule has 2 aromatic carbocycles. The van der Waals surface area contributed by atoms with Crippen LogP contribution < -0.4 is 10.9 Å². The number of nitrogens with zero attached hydrogens (tertiary/aromatic N) is 2. The summed E-state index contributed by atoms with van der Waals surface area (Å²) in [4.78, 5) is 33.6. The minimum absolute atomic E-state index is 0.153. The number of amides is 1. The molecule has 1 aromatic heterocycles. The van der Waals surface area contributed by atoms with E-state index in [-0.39, 0.29) is 23.7 Å². The van der Waals surface area contributed by atoms with Crippen molar-refractivity contribution in [2.45, 2.75) is 19.9 Å². The fraction of sp³-hybridized carbons (Fsp3) is 0.250. The summed E-state index contributed by atoms with van der Waals surface area (Å²) in [5, 5.41) is 3.30. The van der Waals surface area contributed by atoms with E-state index in [9.17, 15) is 14.0 Å². The maximum atomic E-state index is 12.9. The van der Waals surface area contributed by atoms with Crippen LogP contribution in [0.3, 0.4) is 0 Å². The van der Waals surface area contributed by atoms with Crippen molar-refractivity contribution in [3.8, 4) is 0 Å². The second-order valence-electron chi connectivity index (χ2n) is 6.20. The Kier molecular flexibility index (Phi) is 5.93. The van der Waals surface area contributed by atoms with Crippen LogP contribution in [0.15, 0.2) is 53.3 Å². The molecule has 0 bridgehead atoms. The Balaban J connectivity index is 1.60. The second-order valence-corrected chi connectivity index (χ2v) is 6.20. The van der Waals surface area contributed by atoms with Crippen molar-refractivity contribution in [1.82, 2.24) is 14.9 Å². The highest BCUT2D eigenvalue weighted by molar-refractivity contribution is 5.90. The molecular weight excluding hydrogens is 347 g/mol. The molecule has 3 rings (SSSR count). The zero-order valence-corrected chi connectivity index (χ0v) is 15.0. The number of aromatic nitrogens is 2. The van der Waals surface area contributed by atoms with E-state index in [1.807, 2.05) is 17.9 Å². The number of nitrogens with one attached hydrogen (secondary N) is 2. The van der Waals surface area contributed by atoms with Crippen molar-refractivity contribution in [2.75, 3.05) is 18.4 Å². The van der Waals surface area contributed by atoms with E-state index in [2.05, 4.69) is 15.3 Å². The monoisotopic (exact) mass is 368 g/mol. The number of carbonyl (C=O) groups is 1. The summed E-state index contributed by atoms with van der Waals surface area (Å²) >= 11 is 0. The van der Waals surface area contributed by atoms with Gasteiger partial charge in [0.25, 0.3) is 5.56 Å². The topological polar surface area (TPSA) is 78.1 Å². The molecule has 0 atom stereocenters. The Morgan fingerprint density at radius 2 is 1.93 bits per heavy atom. The first-order valence-corrected chi connectivity index (χ1v) is 8.81. The number of anilines is 1. The van der Waals surface area contributed by atoms with Gasteiger partial charge in [-0.1, -0.05) is 19.1 Å². The lowest BCUT2D eigenvalue weighted by Gasteiger charge is -2.19. The Morgan fingerprint density at radius 3 is 2.67 bits per heavy atom. The van der Waals surface area contributed by atoms with Crippen molar-refractivity contribution in [3.63, 3.8) is 0 Å². The number of halogens is 1. The van der Waals surface area contributed by atoms with Crippen molar-refractivity contribution < 1.29 is 9.18 Å². The number of carbonyl (C=O) groups excluding carboxylic acids is 1. The number of hydrogen-bond acceptors (Lipinski definition) is 4. The first-order chi connectivity index (χ1) is 13.0. The van der Waals surface area contributed by atoms with Gasteiger partial charge in [0.2, 0.25) is 5.91 Å². The third-order valence-electron chi connectivity index (χ3n) is 4.27. The SMILES string of the molecule is CCN(CCC(=O)Nc1ccc(F)cc1)Cc1nc2ccccc2c(=O)[nH]1. The minimum atomic E-state index is -0.345. The van der Waals surface area contributed by atoms with Crippen LogP contribution in [0, 0.1) is 5.82 Å². The molecule has 6 nitrogen and oxygen atoms in total. The van der Waals surface area contributed by atoms with Gasteiger partial charge in [0, 0.05) is 18.7 Å². The van der Waals surface area contributed by atoms with E-state index in [1.54, 1.807) is 18.2 Å². The van der Waals surface area contributed by atoms with Gasteiger partial charge in [-0.3, -0.25) is 14.5 Å². The van der Waals surface area contributed by atoms with Crippen LogP contribution in [-0.2, 0) is 11.3 Å². The fourth-order valence-electron chi connectivity index (χ4n) is 2.79. The molecule has 0 radical (unpaired) electrons. The molecule has 0 spiro atoms. The van der Waals surface area contributed by atoms with E-state index >= 15 is 0 Å². The molecule has 0 aliphatic carbocycles. The van der Waals surface area contributed by atoms with Crippen LogP contribution in [0.2, 0.25) is 0 Å². The van der Waals surface area contributed by atoms with Crippen LogP contribution in [-0.4, -0.2) is 33.9 Å². The van der Waals surface area contributed by atoms with Gasteiger partial charge in [-0.15, -0.1) is 0 Å². The van der Waals surface area contributed by atoms with Gasteiger partial charge in [0.15, 0.2) is 0 Å². The molecule has 0 aliphatic rings. The molecule has 7 heteroatoms. The molecule has 1 amide bonds. The number of rotatable bonds is 7. The lowest BCUT2D eigenvalue weighted by atomic mass is 10.2. The van der Waals surface area contributed by atoms with Gasteiger partial charge < -0.3 is 10.3 Å². The fourth-order valence-corrected chi connectivity index (χ4v) is 2.79. The lowest BCUT2D eigenvalue weighted by Crippen LogP contribution is -2.29. The predicted molar refractivity (Wildman–Crippen MR) is 103 cm³/mol. The number of para-hydroxylation sites is 1. The van der Waals surface area contributed by atoms with E-state index in [0.29, 0.717) is 42.0 Å². The Hall–Kier alpha value is -3.06. The third kappa shape index (κ3) is 4.98. The van der Waals surface area contributed by atoms with Gasteiger partial charge in [-0.2, -0.15) is 0 Å². The molecule has 2 N–H and O–H groups in total. The summed E-state index contributed by atoms with van der Waals surface area (Å²) in [5.41, 5.74) is 1.05. The second kappa shape index (κ2) is 8.55. The van der Waals surface area contributed by atoms with Crippen molar-refractivity contribution in [3.05, 3.63) is 70.5 Å². The van der Waals surface area contributed by atoms with E-state index in [4.69, 9.17) is 0 Å². The van der Waals surface area contributed by atoms with Crippen LogP contribution >= 0.6 is 0 Å². The van der Waals surface area contributed by atoms with Gasteiger partial charge >= 0.3 is 0 Å². The number of hydrogen-bond donors (Lipinski definition) is 2. The number of H-pyrrole nitrogens is 1. The molecular formula is C20H21FN4O2. The summed E-state index contributed by atoms with van der Waals surface area (Å²) in [6.07, 6.45) is 0.281. The molecule has 140 valence electrons. The number of benzene rings is 2. The van der Waals surface area contributed by atoms with Crippen LogP contribution in [0.25, 0.3) is 10.9 Å². The molecule has 0 aliphatic heterocycles. The van der Waals surface area contributed by atoms with Gasteiger partial charge in [-0.25, -0.2) is 9.37 Å². The smallest absolute Gasteiger partial charge is 0.258 e. The summed E-state index contributed by atoms with van der Waals surface area (Å²) in [7, 11) is 0. The Bertz CT molecular complexity index is 985. The van der Waals surface area contributed by atoms with Crippen LogP contribution in [0.5, 0.6) is 0 Å². The van der Waals surface area contributed by atoms with E-state index in [0.717, 1.165) is 0 Å². The molecule has 0 unspecified atom stereocenters. The molecule has 1 heterocycles.